The molecule has 1 aliphatic heterocycles. The highest BCUT2D eigenvalue weighted by Gasteiger charge is 2.30. The molecule has 39 heavy (non-hydrogen) atoms. The second-order valence-corrected chi connectivity index (χ2v) is 9.27. The van der Waals surface area contributed by atoms with Crippen molar-refractivity contribution in [1.29, 1.82) is 0 Å². The van der Waals surface area contributed by atoms with Gasteiger partial charge in [0.2, 0.25) is 5.91 Å². The number of carbonyl (C=O) groups is 1. The SMILES string of the molecule is CC(C)Oc1ccc(/C(=C\C=C\C(=O)Nc2cccc3c2CC(O)CN3)c2ccc(C(F)(F)F)cc2)cc1.Cl. The number of carbonyl (C=O) groups excluding carboxylic acids is 1. The summed E-state index contributed by atoms with van der Waals surface area (Å²) in [5, 5.41) is 16.0. The Morgan fingerprint density at radius 3 is 2.31 bits per heavy atom. The molecule has 0 spiro atoms. The third-order valence-corrected chi connectivity index (χ3v) is 5.97. The average Bonchev–Trinajstić information content (AvgIpc) is 2.87. The number of benzene rings is 3. The van der Waals surface area contributed by atoms with Gasteiger partial charge in [-0.15, -0.1) is 12.4 Å². The van der Waals surface area contributed by atoms with E-state index in [9.17, 15) is 23.1 Å². The Balaban J connectivity index is 0.00000420. The monoisotopic (exact) mass is 558 g/mol. The van der Waals surface area contributed by atoms with Crippen molar-refractivity contribution in [1.82, 2.24) is 0 Å². The number of aliphatic hydroxyl groups excluding tert-OH is 1. The lowest BCUT2D eigenvalue weighted by molar-refractivity contribution is -0.137. The molecule has 0 bridgehead atoms. The fraction of sp³-hybridized carbons (Fsp3) is 0.233. The van der Waals surface area contributed by atoms with Crippen molar-refractivity contribution in [3.63, 3.8) is 0 Å². The zero-order valence-corrected chi connectivity index (χ0v) is 22.3. The van der Waals surface area contributed by atoms with Crippen LogP contribution in [0.4, 0.5) is 24.5 Å². The maximum Gasteiger partial charge on any atom is 0.416 e. The summed E-state index contributed by atoms with van der Waals surface area (Å²) in [5.41, 5.74) is 3.53. The summed E-state index contributed by atoms with van der Waals surface area (Å²) in [6.07, 6.45) is 0.0568. The highest BCUT2D eigenvalue weighted by atomic mass is 35.5. The van der Waals surface area contributed by atoms with Gasteiger partial charge in [0, 0.05) is 36.0 Å². The van der Waals surface area contributed by atoms with Gasteiger partial charge in [-0.1, -0.05) is 42.5 Å². The van der Waals surface area contributed by atoms with E-state index in [-0.39, 0.29) is 24.4 Å². The van der Waals surface area contributed by atoms with E-state index >= 15 is 0 Å². The lowest BCUT2D eigenvalue weighted by Gasteiger charge is -2.24. The lowest BCUT2D eigenvalue weighted by Crippen LogP contribution is -2.28. The number of allylic oxidation sites excluding steroid dienone is 2. The van der Waals surface area contributed by atoms with Crippen molar-refractivity contribution in [3.8, 4) is 5.75 Å². The summed E-state index contributed by atoms with van der Waals surface area (Å²) >= 11 is 0. The van der Waals surface area contributed by atoms with Crippen LogP contribution in [0.15, 0.2) is 85.0 Å². The van der Waals surface area contributed by atoms with Gasteiger partial charge in [-0.05, 0) is 66.9 Å². The maximum atomic E-state index is 13.1. The lowest BCUT2D eigenvalue weighted by atomic mass is 9.96. The summed E-state index contributed by atoms with van der Waals surface area (Å²) in [7, 11) is 0. The Morgan fingerprint density at radius 1 is 1.05 bits per heavy atom. The summed E-state index contributed by atoms with van der Waals surface area (Å²) < 4.78 is 45.0. The standard InChI is InChI=1S/C30H29F3N2O3.ClH/c1-19(2)38-24-15-11-21(12-16-24)25(20-9-13-22(14-10-20)30(31,32)33)5-3-8-29(37)35-28-7-4-6-27-26(28)17-23(36)18-34-27;/h3-16,19,23,34,36H,17-18H2,1-2H3,(H,35,37);1H/b8-3+,25-5-;. The molecule has 1 atom stereocenters. The molecule has 1 heterocycles. The van der Waals surface area contributed by atoms with E-state index < -0.39 is 17.8 Å². The Kier molecular flexibility index (Phi) is 9.83. The van der Waals surface area contributed by atoms with Crippen LogP contribution in [0.1, 0.15) is 36.1 Å². The van der Waals surface area contributed by atoms with Crippen LogP contribution in [0.25, 0.3) is 5.57 Å². The van der Waals surface area contributed by atoms with Gasteiger partial charge < -0.3 is 20.5 Å². The van der Waals surface area contributed by atoms with Crippen LogP contribution in [-0.4, -0.2) is 29.8 Å². The van der Waals surface area contributed by atoms with Gasteiger partial charge in [-0.3, -0.25) is 4.79 Å². The highest BCUT2D eigenvalue weighted by Crippen LogP contribution is 2.32. The molecule has 0 aromatic heterocycles. The van der Waals surface area contributed by atoms with Crippen molar-refractivity contribution in [3.05, 3.63) is 107 Å². The van der Waals surface area contributed by atoms with Gasteiger partial charge in [0.15, 0.2) is 0 Å². The fourth-order valence-electron chi connectivity index (χ4n) is 4.21. The number of ether oxygens (including phenoxy) is 1. The number of β-amino-alcohol motifs (C(OH)–C–C–N with tert-alkyl or cyclic N) is 1. The smallest absolute Gasteiger partial charge is 0.416 e. The molecule has 0 saturated carbocycles. The van der Waals surface area contributed by atoms with Crippen molar-refractivity contribution in [2.75, 3.05) is 17.2 Å². The molecule has 1 unspecified atom stereocenters. The molecular weight excluding hydrogens is 529 g/mol. The van der Waals surface area contributed by atoms with E-state index in [1.165, 1.54) is 18.2 Å². The number of hydrogen-bond donors (Lipinski definition) is 3. The number of hydrogen-bond acceptors (Lipinski definition) is 4. The number of anilines is 2. The van der Waals surface area contributed by atoms with E-state index in [1.807, 2.05) is 38.1 Å². The first-order valence-corrected chi connectivity index (χ1v) is 12.3. The normalized spacial score (nSPS) is 15.4. The van der Waals surface area contributed by atoms with Gasteiger partial charge in [-0.25, -0.2) is 0 Å². The molecule has 4 rings (SSSR count). The zero-order valence-electron chi connectivity index (χ0n) is 21.5. The van der Waals surface area contributed by atoms with Crippen LogP contribution in [0.5, 0.6) is 5.75 Å². The van der Waals surface area contributed by atoms with Gasteiger partial charge in [0.25, 0.3) is 0 Å². The molecule has 1 amide bonds. The average molecular weight is 559 g/mol. The minimum atomic E-state index is -4.43. The Labute approximate surface area is 231 Å². The number of halogens is 4. The second-order valence-electron chi connectivity index (χ2n) is 9.27. The number of alkyl halides is 3. The van der Waals surface area contributed by atoms with E-state index in [0.717, 1.165) is 28.9 Å². The number of amides is 1. The summed E-state index contributed by atoms with van der Waals surface area (Å²) in [6, 6.07) is 17.6. The zero-order chi connectivity index (χ0) is 27.3. The molecule has 3 aromatic carbocycles. The van der Waals surface area contributed by atoms with Crippen LogP contribution in [-0.2, 0) is 17.4 Å². The molecule has 1 aliphatic rings. The Morgan fingerprint density at radius 2 is 1.69 bits per heavy atom. The van der Waals surface area contributed by atoms with E-state index in [2.05, 4.69) is 10.6 Å². The third-order valence-electron chi connectivity index (χ3n) is 5.97. The number of aliphatic hydroxyl groups is 1. The van der Waals surface area contributed by atoms with E-state index in [4.69, 9.17) is 4.74 Å². The molecule has 3 N–H and O–H groups in total. The van der Waals surface area contributed by atoms with Crippen molar-refractivity contribution in [2.24, 2.45) is 0 Å². The summed E-state index contributed by atoms with van der Waals surface area (Å²) in [5.74, 6) is 0.304. The Bertz CT molecular complexity index is 1340. The minimum absolute atomic E-state index is 0. The predicted molar refractivity (Wildman–Crippen MR) is 150 cm³/mol. The van der Waals surface area contributed by atoms with Gasteiger partial charge in [0.1, 0.15) is 5.75 Å². The van der Waals surface area contributed by atoms with Gasteiger partial charge in [-0.2, -0.15) is 13.2 Å². The van der Waals surface area contributed by atoms with Crippen molar-refractivity contribution < 1.29 is 27.8 Å². The predicted octanol–water partition coefficient (Wildman–Crippen LogP) is 6.87. The van der Waals surface area contributed by atoms with Crippen LogP contribution in [0.3, 0.4) is 0 Å². The number of nitrogens with one attached hydrogen (secondary N) is 2. The van der Waals surface area contributed by atoms with Crippen molar-refractivity contribution in [2.45, 2.75) is 38.7 Å². The number of fused-ring (bicyclic) bond motifs is 1. The topological polar surface area (TPSA) is 70.6 Å². The molecule has 5 nitrogen and oxygen atoms in total. The van der Waals surface area contributed by atoms with Crippen LogP contribution >= 0.6 is 12.4 Å². The number of rotatable bonds is 7. The first-order chi connectivity index (χ1) is 18.1. The van der Waals surface area contributed by atoms with Crippen molar-refractivity contribution >= 4 is 35.3 Å². The molecule has 0 radical (unpaired) electrons. The largest absolute Gasteiger partial charge is 0.491 e. The minimum Gasteiger partial charge on any atom is -0.491 e. The van der Waals surface area contributed by atoms with E-state index in [1.54, 1.807) is 30.4 Å². The highest BCUT2D eigenvalue weighted by molar-refractivity contribution is 6.00. The summed E-state index contributed by atoms with van der Waals surface area (Å²) in [4.78, 5) is 12.7. The molecule has 9 heteroatoms. The molecule has 0 saturated heterocycles. The molecule has 3 aromatic rings. The maximum absolute atomic E-state index is 13.1. The molecular formula is C30H30ClF3N2O3. The Hall–Kier alpha value is -3.75. The first-order valence-electron chi connectivity index (χ1n) is 12.3. The van der Waals surface area contributed by atoms with Crippen LogP contribution in [0.2, 0.25) is 0 Å². The molecule has 206 valence electrons. The molecule has 0 fully saturated rings. The first kappa shape index (κ1) is 29.8. The van der Waals surface area contributed by atoms with Gasteiger partial charge in [0.05, 0.1) is 17.8 Å². The quantitative estimate of drug-likeness (QED) is 0.219. The molecule has 0 aliphatic carbocycles. The summed E-state index contributed by atoms with van der Waals surface area (Å²) in [6.45, 7) is 4.29. The fourth-order valence-corrected chi connectivity index (χ4v) is 4.21. The third kappa shape index (κ3) is 7.88. The van der Waals surface area contributed by atoms with Crippen LogP contribution in [0, 0.1) is 0 Å². The van der Waals surface area contributed by atoms with Crippen LogP contribution < -0.4 is 15.4 Å². The second kappa shape index (κ2) is 12.9. The van der Waals surface area contributed by atoms with Gasteiger partial charge >= 0.3 is 6.18 Å². The van der Waals surface area contributed by atoms with E-state index in [0.29, 0.717) is 35.5 Å².